The van der Waals surface area contributed by atoms with Gasteiger partial charge >= 0.3 is 0 Å². The molecule has 5 N–H and O–H groups in total. The number of amides is 1. The number of carbonyl (C=O) groups excluding carboxylic acids is 1. The van der Waals surface area contributed by atoms with Gasteiger partial charge in [-0.25, -0.2) is 0 Å². The van der Waals surface area contributed by atoms with Crippen LogP contribution in [0.5, 0.6) is 0 Å². The van der Waals surface area contributed by atoms with Gasteiger partial charge in [0, 0.05) is 17.3 Å². The van der Waals surface area contributed by atoms with Gasteiger partial charge in [0.05, 0.1) is 22.9 Å². The van der Waals surface area contributed by atoms with E-state index in [-0.39, 0.29) is 6.04 Å². The molecule has 1 unspecified atom stereocenters. The van der Waals surface area contributed by atoms with Crippen molar-refractivity contribution in [1.82, 2.24) is 3.53 Å². The zero-order valence-corrected chi connectivity index (χ0v) is 10.5. The van der Waals surface area contributed by atoms with Gasteiger partial charge in [0.15, 0.2) is 0 Å². The van der Waals surface area contributed by atoms with Gasteiger partial charge in [0.1, 0.15) is 0 Å². The Labute approximate surface area is 98.3 Å². The average molecular weight is 309 g/mol. The first kappa shape index (κ1) is 13.4. The minimum absolute atomic E-state index is 0.212. The van der Waals surface area contributed by atoms with Crippen LogP contribution in [0, 0.1) is 0 Å². The molecule has 14 heavy (non-hydrogen) atoms. The highest BCUT2D eigenvalue weighted by Gasteiger charge is 2.13. The Morgan fingerprint density at radius 1 is 1.64 bits per heavy atom. The lowest BCUT2D eigenvalue weighted by atomic mass is 10.1. The van der Waals surface area contributed by atoms with Crippen LogP contribution in [0.3, 0.4) is 0 Å². The van der Waals surface area contributed by atoms with E-state index in [0.29, 0.717) is 17.7 Å². The van der Waals surface area contributed by atoms with Crippen molar-refractivity contribution in [2.24, 2.45) is 11.5 Å². The standard InChI is InChI=1S/C9H16IN3O/c1-3-4-5-7(11)8(13-10)6(2)9(12)14/h3-4,7,13H,5,11H2,1-2H3,(H2,12,14)/b4-3-,8-6-. The molecule has 0 aliphatic heterocycles. The van der Waals surface area contributed by atoms with Gasteiger partial charge in [0.25, 0.3) is 0 Å². The maximum Gasteiger partial charge on any atom is 0.246 e. The Balaban J connectivity index is 4.70. The molecule has 1 atom stereocenters. The van der Waals surface area contributed by atoms with E-state index in [2.05, 4.69) is 3.53 Å². The summed E-state index contributed by atoms with van der Waals surface area (Å²) in [5.74, 6) is -0.444. The van der Waals surface area contributed by atoms with Gasteiger partial charge < -0.3 is 15.0 Å². The van der Waals surface area contributed by atoms with Crippen molar-refractivity contribution in [3.05, 3.63) is 23.4 Å². The molecule has 1 amide bonds. The largest absolute Gasteiger partial charge is 0.366 e. The summed E-state index contributed by atoms with van der Waals surface area (Å²) in [6, 6.07) is -0.212. The number of nitrogens with one attached hydrogen (secondary N) is 1. The van der Waals surface area contributed by atoms with E-state index >= 15 is 0 Å². The monoisotopic (exact) mass is 309 g/mol. The van der Waals surface area contributed by atoms with Crippen LogP contribution in [0.1, 0.15) is 20.3 Å². The Morgan fingerprint density at radius 3 is 2.57 bits per heavy atom. The number of halogens is 1. The number of hydrogen-bond acceptors (Lipinski definition) is 3. The summed E-state index contributed by atoms with van der Waals surface area (Å²) in [7, 11) is 0. The minimum atomic E-state index is -0.444. The summed E-state index contributed by atoms with van der Waals surface area (Å²) in [4.78, 5) is 10.9. The van der Waals surface area contributed by atoms with Crippen LogP contribution in [0.25, 0.3) is 0 Å². The van der Waals surface area contributed by atoms with Crippen LogP contribution < -0.4 is 15.0 Å². The van der Waals surface area contributed by atoms with Gasteiger partial charge in [-0.05, 0) is 20.3 Å². The third-order valence-corrected chi connectivity index (χ3v) is 2.45. The molecule has 0 fully saturated rings. The fourth-order valence-electron chi connectivity index (χ4n) is 0.952. The number of allylic oxidation sites excluding steroid dienone is 1. The number of carbonyl (C=O) groups is 1. The zero-order chi connectivity index (χ0) is 11.1. The molecule has 0 spiro atoms. The van der Waals surface area contributed by atoms with Crippen molar-refractivity contribution >= 4 is 28.8 Å². The first-order valence-corrected chi connectivity index (χ1v) is 5.36. The minimum Gasteiger partial charge on any atom is -0.366 e. The van der Waals surface area contributed by atoms with E-state index in [1.54, 1.807) is 6.92 Å². The fourth-order valence-corrected chi connectivity index (χ4v) is 1.76. The quantitative estimate of drug-likeness (QED) is 0.306. The topological polar surface area (TPSA) is 81.1 Å². The van der Waals surface area contributed by atoms with Crippen molar-refractivity contribution in [3.63, 3.8) is 0 Å². The second kappa shape index (κ2) is 6.83. The molecule has 0 aliphatic carbocycles. The first-order valence-electron chi connectivity index (χ1n) is 4.28. The molecule has 0 bridgehead atoms. The van der Waals surface area contributed by atoms with Crippen molar-refractivity contribution < 1.29 is 4.79 Å². The van der Waals surface area contributed by atoms with Crippen LogP contribution in [0.4, 0.5) is 0 Å². The molecule has 80 valence electrons. The Hall–Kier alpha value is -0.560. The second-order valence-corrected chi connectivity index (χ2v) is 3.45. The number of rotatable bonds is 5. The smallest absolute Gasteiger partial charge is 0.246 e. The van der Waals surface area contributed by atoms with Crippen molar-refractivity contribution in [3.8, 4) is 0 Å². The van der Waals surface area contributed by atoms with E-state index < -0.39 is 5.91 Å². The van der Waals surface area contributed by atoms with Gasteiger partial charge in [-0.15, -0.1) is 0 Å². The molecule has 0 radical (unpaired) electrons. The van der Waals surface area contributed by atoms with Gasteiger partial charge in [0.2, 0.25) is 5.91 Å². The maximum absolute atomic E-state index is 10.9. The highest BCUT2D eigenvalue weighted by Crippen LogP contribution is 2.09. The lowest BCUT2D eigenvalue weighted by Gasteiger charge is -2.15. The summed E-state index contributed by atoms with van der Waals surface area (Å²) in [6.07, 6.45) is 4.56. The molecular formula is C9H16IN3O. The third-order valence-electron chi connectivity index (χ3n) is 1.87. The number of hydrogen-bond donors (Lipinski definition) is 3. The van der Waals surface area contributed by atoms with Crippen LogP contribution in [-0.4, -0.2) is 11.9 Å². The lowest BCUT2D eigenvalue weighted by Crippen LogP contribution is -2.30. The van der Waals surface area contributed by atoms with E-state index in [0.717, 1.165) is 0 Å². The lowest BCUT2D eigenvalue weighted by molar-refractivity contribution is -0.114. The van der Waals surface area contributed by atoms with Gasteiger partial charge in [-0.3, -0.25) is 4.79 Å². The van der Waals surface area contributed by atoms with Crippen molar-refractivity contribution in [2.75, 3.05) is 0 Å². The van der Waals surface area contributed by atoms with Crippen LogP contribution in [-0.2, 0) is 4.79 Å². The van der Waals surface area contributed by atoms with Crippen LogP contribution in [0.2, 0.25) is 0 Å². The Morgan fingerprint density at radius 2 is 2.21 bits per heavy atom. The van der Waals surface area contributed by atoms with E-state index in [4.69, 9.17) is 11.5 Å². The SMILES string of the molecule is C/C=C\CC(N)/C(NI)=C(\C)C(N)=O. The normalized spacial score (nSPS) is 15.1. The maximum atomic E-state index is 10.9. The molecule has 0 heterocycles. The summed E-state index contributed by atoms with van der Waals surface area (Å²) < 4.78 is 2.88. The van der Waals surface area contributed by atoms with Crippen molar-refractivity contribution in [1.29, 1.82) is 0 Å². The molecule has 0 saturated carbocycles. The third kappa shape index (κ3) is 4.10. The molecular weight excluding hydrogens is 293 g/mol. The predicted molar refractivity (Wildman–Crippen MR) is 66.5 cm³/mol. The number of primary amides is 1. The Bertz CT molecular complexity index is 261. The zero-order valence-electron chi connectivity index (χ0n) is 8.38. The summed E-state index contributed by atoms with van der Waals surface area (Å²) >= 11 is 1.95. The average Bonchev–Trinajstić information content (AvgIpc) is 2.15. The highest BCUT2D eigenvalue weighted by molar-refractivity contribution is 14.1. The first-order chi connectivity index (χ1) is 6.54. The summed E-state index contributed by atoms with van der Waals surface area (Å²) in [5, 5.41) is 0. The van der Waals surface area contributed by atoms with E-state index in [9.17, 15) is 4.79 Å². The molecule has 0 rings (SSSR count). The molecule has 4 nitrogen and oxygen atoms in total. The molecule has 0 aromatic rings. The predicted octanol–water partition coefficient (Wildman–Crippen LogP) is 0.979. The van der Waals surface area contributed by atoms with Gasteiger partial charge in [-0.2, -0.15) is 0 Å². The van der Waals surface area contributed by atoms with Crippen LogP contribution >= 0.6 is 22.9 Å². The van der Waals surface area contributed by atoms with Gasteiger partial charge in [-0.1, -0.05) is 12.2 Å². The van der Waals surface area contributed by atoms with E-state index in [1.807, 2.05) is 41.9 Å². The molecule has 0 aromatic carbocycles. The molecule has 0 aliphatic rings. The highest BCUT2D eigenvalue weighted by atomic mass is 127. The molecule has 0 aromatic heterocycles. The van der Waals surface area contributed by atoms with Crippen molar-refractivity contribution in [2.45, 2.75) is 26.3 Å². The summed E-state index contributed by atoms with van der Waals surface area (Å²) in [5.41, 5.74) is 12.2. The second-order valence-electron chi connectivity index (χ2n) is 2.91. The number of nitrogens with two attached hydrogens (primary N) is 2. The Kier molecular flexibility index (Phi) is 6.56. The van der Waals surface area contributed by atoms with E-state index in [1.165, 1.54) is 0 Å². The molecule has 5 heteroatoms. The summed E-state index contributed by atoms with van der Waals surface area (Å²) in [6.45, 7) is 3.59. The molecule has 0 saturated heterocycles. The fraction of sp³-hybridized carbons (Fsp3) is 0.444. The van der Waals surface area contributed by atoms with Crippen LogP contribution in [0.15, 0.2) is 23.4 Å².